The minimum absolute atomic E-state index is 0.0729. The van der Waals surface area contributed by atoms with Gasteiger partial charge < -0.3 is 10.6 Å². The lowest BCUT2D eigenvalue weighted by molar-refractivity contribution is 0.313. The van der Waals surface area contributed by atoms with Crippen molar-refractivity contribution < 1.29 is 0 Å². The maximum absolute atomic E-state index is 5.97. The van der Waals surface area contributed by atoms with Crippen molar-refractivity contribution in [2.45, 2.75) is 58.0 Å². The highest BCUT2D eigenvalue weighted by Gasteiger charge is 2.23. The minimum atomic E-state index is 0.0729. The van der Waals surface area contributed by atoms with Gasteiger partial charge in [-0.05, 0) is 56.2 Å². The van der Waals surface area contributed by atoms with Gasteiger partial charge in [0.05, 0.1) is 0 Å². The van der Waals surface area contributed by atoms with Crippen molar-refractivity contribution in [1.29, 1.82) is 0 Å². The summed E-state index contributed by atoms with van der Waals surface area (Å²) < 4.78 is 1.12. The Morgan fingerprint density at radius 2 is 1.95 bits per heavy atom. The molecule has 1 unspecified atom stereocenters. The van der Waals surface area contributed by atoms with Crippen LogP contribution in [0.1, 0.15) is 57.6 Å². The standard InChI is InChI=1S/C17H27BrN2/c1-4-13-5-7-14(8-6-13)20(3)15-9-10-16(12(2)19)17(18)11-15/h9-14H,4-8,19H2,1-3H3. The van der Waals surface area contributed by atoms with E-state index in [2.05, 4.69) is 53.0 Å². The third kappa shape index (κ3) is 3.56. The molecular formula is C17H27BrN2. The summed E-state index contributed by atoms with van der Waals surface area (Å²) in [6.45, 7) is 4.34. The first kappa shape index (κ1) is 15.8. The number of hydrogen-bond donors (Lipinski definition) is 1. The van der Waals surface area contributed by atoms with Crippen LogP contribution in [0.4, 0.5) is 5.69 Å². The van der Waals surface area contributed by atoms with E-state index < -0.39 is 0 Å². The first-order valence-corrected chi connectivity index (χ1v) is 8.60. The highest BCUT2D eigenvalue weighted by molar-refractivity contribution is 9.10. The van der Waals surface area contributed by atoms with Crippen molar-refractivity contribution in [2.24, 2.45) is 11.7 Å². The number of hydrogen-bond acceptors (Lipinski definition) is 2. The quantitative estimate of drug-likeness (QED) is 0.848. The van der Waals surface area contributed by atoms with Crippen LogP contribution in [0.2, 0.25) is 0 Å². The largest absolute Gasteiger partial charge is 0.372 e. The van der Waals surface area contributed by atoms with E-state index in [4.69, 9.17) is 5.73 Å². The SMILES string of the molecule is CCC1CCC(N(C)c2ccc(C(C)N)c(Br)c2)CC1. The predicted octanol–water partition coefficient (Wildman–Crippen LogP) is 4.87. The molecule has 1 aliphatic carbocycles. The summed E-state index contributed by atoms with van der Waals surface area (Å²) >= 11 is 3.65. The van der Waals surface area contributed by atoms with Gasteiger partial charge in [0.2, 0.25) is 0 Å². The van der Waals surface area contributed by atoms with E-state index >= 15 is 0 Å². The third-order valence-electron chi connectivity index (χ3n) is 4.82. The number of nitrogens with two attached hydrogens (primary N) is 1. The lowest BCUT2D eigenvalue weighted by Crippen LogP contribution is -2.35. The minimum Gasteiger partial charge on any atom is -0.372 e. The lowest BCUT2D eigenvalue weighted by Gasteiger charge is -2.36. The molecule has 0 bridgehead atoms. The summed E-state index contributed by atoms with van der Waals surface area (Å²) in [5.74, 6) is 0.951. The molecule has 2 rings (SSSR count). The Morgan fingerprint density at radius 1 is 1.30 bits per heavy atom. The van der Waals surface area contributed by atoms with Crippen LogP contribution in [0, 0.1) is 5.92 Å². The van der Waals surface area contributed by atoms with Crippen molar-refractivity contribution in [2.75, 3.05) is 11.9 Å². The molecule has 1 atom stereocenters. The van der Waals surface area contributed by atoms with E-state index in [1.165, 1.54) is 43.4 Å². The molecule has 1 aromatic carbocycles. The molecule has 2 nitrogen and oxygen atoms in total. The summed E-state index contributed by atoms with van der Waals surface area (Å²) in [6, 6.07) is 7.33. The first-order valence-electron chi connectivity index (χ1n) is 7.80. The Kier molecular flexibility index (Phi) is 5.50. The zero-order valence-corrected chi connectivity index (χ0v) is 14.5. The van der Waals surface area contributed by atoms with Crippen LogP contribution in [0.25, 0.3) is 0 Å². The van der Waals surface area contributed by atoms with Gasteiger partial charge in [0.25, 0.3) is 0 Å². The maximum atomic E-state index is 5.97. The van der Waals surface area contributed by atoms with Gasteiger partial charge in [0.1, 0.15) is 0 Å². The van der Waals surface area contributed by atoms with Gasteiger partial charge in [-0.1, -0.05) is 35.3 Å². The Balaban J connectivity index is 2.06. The fraction of sp³-hybridized carbons (Fsp3) is 0.647. The van der Waals surface area contributed by atoms with E-state index in [1.54, 1.807) is 0 Å². The van der Waals surface area contributed by atoms with Crippen LogP contribution in [-0.2, 0) is 0 Å². The van der Waals surface area contributed by atoms with Crippen molar-refractivity contribution >= 4 is 21.6 Å². The topological polar surface area (TPSA) is 29.3 Å². The molecule has 0 aromatic heterocycles. The Morgan fingerprint density at radius 3 is 2.45 bits per heavy atom. The van der Waals surface area contributed by atoms with E-state index in [-0.39, 0.29) is 6.04 Å². The number of nitrogens with zero attached hydrogens (tertiary/aromatic N) is 1. The summed E-state index contributed by atoms with van der Waals surface area (Å²) in [6.07, 6.45) is 6.74. The van der Waals surface area contributed by atoms with Crippen LogP contribution in [0.3, 0.4) is 0 Å². The molecule has 0 saturated heterocycles. The zero-order valence-electron chi connectivity index (χ0n) is 12.9. The van der Waals surface area contributed by atoms with Crippen LogP contribution in [0.15, 0.2) is 22.7 Å². The normalized spacial score (nSPS) is 24.4. The lowest BCUT2D eigenvalue weighted by atomic mass is 9.84. The summed E-state index contributed by atoms with van der Waals surface area (Å²) in [5.41, 5.74) is 8.44. The molecule has 1 aliphatic rings. The van der Waals surface area contributed by atoms with Crippen LogP contribution < -0.4 is 10.6 Å². The van der Waals surface area contributed by atoms with Crippen LogP contribution in [0.5, 0.6) is 0 Å². The molecule has 0 heterocycles. The maximum Gasteiger partial charge on any atom is 0.0377 e. The molecule has 112 valence electrons. The molecule has 1 aromatic rings. The average Bonchev–Trinajstić information content (AvgIpc) is 2.46. The Hall–Kier alpha value is -0.540. The van der Waals surface area contributed by atoms with Crippen molar-refractivity contribution in [1.82, 2.24) is 0 Å². The molecule has 2 N–H and O–H groups in total. The summed E-state index contributed by atoms with van der Waals surface area (Å²) in [5, 5.41) is 0. The zero-order chi connectivity index (χ0) is 14.7. The van der Waals surface area contributed by atoms with Gasteiger partial charge in [-0.3, -0.25) is 0 Å². The molecule has 1 fully saturated rings. The third-order valence-corrected chi connectivity index (χ3v) is 5.51. The van der Waals surface area contributed by atoms with E-state index in [0.29, 0.717) is 6.04 Å². The Labute approximate surface area is 131 Å². The number of anilines is 1. The van der Waals surface area contributed by atoms with E-state index in [0.717, 1.165) is 10.4 Å². The molecule has 0 aliphatic heterocycles. The second-order valence-corrected chi connectivity index (χ2v) is 7.04. The van der Waals surface area contributed by atoms with Crippen molar-refractivity contribution in [3.8, 4) is 0 Å². The monoisotopic (exact) mass is 338 g/mol. The van der Waals surface area contributed by atoms with Gasteiger partial charge in [-0.25, -0.2) is 0 Å². The van der Waals surface area contributed by atoms with Gasteiger partial charge >= 0.3 is 0 Å². The first-order chi connectivity index (χ1) is 9.52. The molecule has 1 saturated carbocycles. The average molecular weight is 339 g/mol. The molecule has 0 radical (unpaired) electrons. The van der Waals surface area contributed by atoms with Crippen LogP contribution >= 0.6 is 15.9 Å². The van der Waals surface area contributed by atoms with Crippen LogP contribution in [-0.4, -0.2) is 13.1 Å². The smallest absolute Gasteiger partial charge is 0.0377 e. The van der Waals surface area contributed by atoms with Crippen molar-refractivity contribution in [3.63, 3.8) is 0 Å². The van der Waals surface area contributed by atoms with Gasteiger partial charge in [0.15, 0.2) is 0 Å². The summed E-state index contributed by atoms with van der Waals surface area (Å²) in [7, 11) is 2.23. The van der Waals surface area contributed by atoms with Gasteiger partial charge in [-0.15, -0.1) is 0 Å². The van der Waals surface area contributed by atoms with Gasteiger partial charge in [0, 0.05) is 29.3 Å². The second kappa shape index (κ2) is 6.95. The molecular weight excluding hydrogens is 312 g/mol. The molecule has 20 heavy (non-hydrogen) atoms. The summed E-state index contributed by atoms with van der Waals surface area (Å²) in [4.78, 5) is 2.45. The van der Waals surface area contributed by atoms with E-state index in [1.807, 2.05) is 6.92 Å². The fourth-order valence-electron chi connectivity index (χ4n) is 3.26. The number of benzene rings is 1. The van der Waals surface area contributed by atoms with Gasteiger partial charge in [-0.2, -0.15) is 0 Å². The second-order valence-electron chi connectivity index (χ2n) is 6.19. The fourth-order valence-corrected chi connectivity index (χ4v) is 3.98. The number of halogens is 1. The highest BCUT2D eigenvalue weighted by Crippen LogP contribution is 2.33. The van der Waals surface area contributed by atoms with E-state index in [9.17, 15) is 0 Å². The Bertz CT molecular complexity index is 437. The highest BCUT2D eigenvalue weighted by atomic mass is 79.9. The van der Waals surface area contributed by atoms with Crippen molar-refractivity contribution in [3.05, 3.63) is 28.2 Å². The molecule has 0 spiro atoms. The number of rotatable bonds is 4. The molecule has 3 heteroatoms. The predicted molar refractivity (Wildman–Crippen MR) is 91.2 cm³/mol. The molecule has 0 amide bonds.